The second-order valence-corrected chi connectivity index (χ2v) is 7.81. The molecule has 1 N–H and O–H groups in total. The molecule has 2 unspecified atom stereocenters. The van der Waals surface area contributed by atoms with Gasteiger partial charge in [-0.05, 0) is 52.9 Å². The number of nitrogens with one attached hydrogen (secondary N) is 1. The summed E-state index contributed by atoms with van der Waals surface area (Å²) >= 11 is 7.31. The first-order valence-corrected chi connectivity index (χ1v) is 9.05. The molecule has 20 heavy (non-hydrogen) atoms. The Hall–Kier alpha value is -0.0600. The van der Waals surface area contributed by atoms with E-state index in [0.717, 1.165) is 23.5 Å². The molecule has 1 fully saturated rings. The molecule has 2 rings (SSSR count). The molecule has 4 heteroatoms. The standard InChI is InChI=1S/C16H24Br2N2/c1-4-14-9-19-13(7-11(2)3)10-20(14)16-8-12(17)5-6-15(16)18/h5-6,8,11,13-14,19H,4,7,9-10H2,1-3H3. The van der Waals surface area contributed by atoms with Crippen LogP contribution in [0.2, 0.25) is 0 Å². The van der Waals surface area contributed by atoms with E-state index in [2.05, 4.69) is 81.0 Å². The molecule has 1 heterocycles. The lowest BCUT2D eigenvalue weighted by atomic mass is 9.98. The van der Waals surface area contributed by atoms with Gasteiger partial charge in [-0.2, -0.15) is 0 Å². The molecular formula is C16H24Br2N2. The Balaban J connectivity index is 2.22. The molecule has 1 saturated heterocycles. The number of anilines is 1. The molecule has 1 aliphatic heterocycles. The summed E-state index contributed by atoms with van der Waals surface area (Å²) in [5, 5.41) is 3.72. The minimum atomic E-state index is 0.573. The van der Waals surface area contributed by atoms with Crippen molar-refractivity contribution >= 4 is 37.5 Å². The summed E-state index contributed by atoms with van der Waals surface area (Å²) in [5.74, 6) is 0.735. The zero-order chi connectivity index (χ0) is 14.7. The van der Waals surface area contributed by atoms with Crippen molar-refractivity contribution in [3.05, 3.63) is 27.1 Å². The number of halogens is 2. The molecule has 2 atom stereocenters. The van der Waals surface area contributed by atoms with Gasteiger partial charge in [-0.1, -0.05) is 36.7 Å². The Morgan fingerprint density at radius 3 is 2.75 bits per heavy atom. The van der Waals surface area contributed by atoms with Gasteiger partial charge >= 0.3 is 0 Å². The van der Waals surface area contributed by atoms with Gasteiger partial charge in [0.25, 0.3) is 0 Å². The van der Waals surface area contributed by atoms with E-state index in [1.54, 1.807) is 0 Å². The van der Waals surface area contributed by atoms with E-state index in [9.17, 15) is 0 Å². The number of rotatable bonds is 4. The van der Waals surface area contributed by atoms with E-state index in [1.165, 1.54) is 23.0 Å². The Morgan fingerprint density at radius 2 is 2.10 bits per heavy atom. The molecule has 1 aromatic carbocycles. The number of hydrogen-bond acceptors (Lipinski definition) is 2. The van der Waals surface area contributed by atoms with Crippen LogP contribution in [-0.4, -0.2) is 25.2 Å². The van der Waals surface area contributed by atoms with Crippen molar-refractivity contribution in [1.29, 1.82) is 0 Å². The van der Waals surface area contributed by atoms with E-state index < -0.39 is 0 Å². The number of hydrogen-bond donors (Lipinski definition) is 1. The van der Waals surface area contributed by atoms with E-state index in [4.69, 9.17) is 0 Å². The van der Waals surface area contributed by atoms with Gasteiger partial charge in [0, 0.05) is 34.1 Å². The third-order valence-corrected chi connectivity index (χ3v) is 5.11. The molecule has 0 aliphatic carbocycles. The van der Waals surface area contributed by atoms with Gasteiger partial charge in [0.05, 0.1) is 5.69 Å². The van der Waals surface area contributed by atoms with Crippen LogP contribution in [0.4, 0.5) is 5.69 Å². The van der Waals surface area contributed by atoms with E-state index in [-0.39, 0.29) is 0 Å². The van der Waals surface area contributed by atoms with E-state index >= 15 is 0 Å². The molecule has 0 amide bonds. The number of benzene rings is 1. The van der Waals surface area contributed by atoms with Crippen LogP contribution in [0.15, 0.2) is 27.1 Å². The lowest BCUT2D eigenvalue weighted by Gasteiger charge is -2.42. The van der Waals surface area contributed by atoms with Gasteiger partial charge in [-0.15, -0.1) is 0 Å². The lowest BCUT2D eigenvalue weighted by Crippen LogP contribution is -2.56. The summed E-state index contributed by atoms with van der Waals surface area (Å²) in [6.45, 7) is 9.03. The summed E-state index contributed by atoms with van der Waals surface area (Å²) in [6.07, 6.45) is 2.40. The average Bonchev–Trinajstić information content (AvgIpc) is 2.41. The Bertz CT molecular complexity index is 448. The second kappa shape index (κ2) is 7.28. The molecule has 0 spiro atoms. The average molecular weight is 404 g/mol. The van der Waals surface area contributed by atoms with Gasteiger partial charge in [0.1, 0.15) is 0 Å². The Kier molecular flexibility index (Phi) is 5.94. The molecule has 0 aromatic heterocycles. The van der Waals surface area contributed by atoms with Crippen molar-refractivity contribution in [2.45, 2.75) is 45.7 Å². The summed E-state index contributed by atoms with van der Waals surface area (Å²) in [5.41, 5.74) is 1.31. The van der Waals surface area contributed by atoms with Crippen molar-refractivity contribution in [2.75, 3.05) is 18.0 Å². The molecule has 0 radical (unpaired) electrons. The highest BCUT2D eigenvalue weighted by Gasteiger charge is 2.28. The first kappa shape index (κ1) is 16.3. The highest BCUT2D eigenvalue weighted by Crippen LogP contribution is 2.33. The predicted octanol–water partition coefficient (Wildman–Crippen LogP) is 4.81. The van der Waals surface area contributed by atoms with Gasteiger partial charge in [0.2, 0.25) is 0 Å². The van der Waals surface area contributed by atoms with Gasteiger partial charge < -0.3 is 10.2 Å². The minimum Gasteiger partial charge on any atom is -0.365 e. The SMILES string of the molecule is CCC1CNC(CC(C)C)CN1c1cc(Br)ccc1Br. The smallest absolute Gasteiger partial charge is 0.0525 e. The largest absolute Gasteiger partial charge is 0.365 e. The van der Waals surface area contributed by atoms with E-state index in [1.807, 2.05) is 0 Å². The van der Waals surface area contributed by atoms with Crippen LogP contribution in [0, 0.1) is 5.92 Å². The van der Waals surface area contributed by atoms with E-state index in [0.29, 0.717) is 12.1 Å². The molecular weight excluding hydrogens is 380 g/mol. The van der Waals surface area contributed by atoms with Crippen LogP contribution >= 0.6 is 31.9 Å². The van der Waals surface area contributed by atoms with Gasteiger partial charge in [0.15, 0.2) is 0 Å². The predicted molar refractivity (Wildman–Crippen MR) is 94.5 cm³/mol. The summed E-state index contributed by atoms with van der Waals surface area (Å²) in [6, 6.07) is 7.60. The van der Waals surface area contributed by atoms with Crippen LogP contribution in [-0.2, 0) is 0 Å². The minimum absolute atomic E-state index is 0.573. The van der Waals surface area contributed by atoms with Crippen LogP contribution in [0.3, 0.4) is 0 Å². The van der Waals surface area contributed by atoms with Crippen molar-refractivity contribution in [2.24, 2.45) is 5.92 Å². The Morgan fingerprint density at radius 1 is 1.35 bits per heavy atom. The molecule has 0 bridgehead atoms. The van der Waals surface area contributed by atoms with Crippen LogP contribution in [0.1, 0.15) is 33.6 Å². The fraction of sp³-hybridized carbons (Fsp3) is 0.625. The van der Waals surface area contributed by atoms with Crippen LogP contribution in [0.25, 0.3) is 0 Å². The zero-order valence-corrected chi connectivity index (χ0v) is 15.7. The van der Waals surface area contributed by atoms with Crippen molar-refractivity contribution in [3.8, 4) is 0 Å². The first-order chi connectivity index (χ1) is 9.51. The molecule has 1 aliphatic rings. The maximum Gasteiger partial charge on any atom is 0.0525 e. The van der Waals surface area contributed by atoms with Crippen molar-refractivity contribution < 1.29 is 0 Å². The highest BCUT2D eigenvalue weighted by atomic mass is 79.9. The van der Waals surface area contributed by atoms with Crippen molar-refractivity contribution in [3.63, 3.8) is 0 Å². The zero-order valence-electron chi connectivity index (χ0n) is 12.5. The summed E-state index contributed by atoms with van der Waals surface area (Å²) in [4.78, 5) is 2.57. The Labute approximate surface area is 139 Å². The monoisotopic (exact) mass is 402 g/mol. The van der Waals surface area contributed by atoms with Crippen molar-refractivity contribution in [1.82, 2.24) is 5.32 Å². The third kappa shape index (κ3) is 3.99. The number of piperazine rings is 1. The molecule has 1 aromatic rings. The quantitative estimate of drug-likeness (QED) is 0.775. The molecule has 0 saturated carbocycles. The van der Waals surface area contributed by atoms with Crippen LogP contribution in [0.5, 0.6) is 0 Å². The number of nitrogens with zero attached hydrogens (tertiary/aromatic N) is 1. The van der Waals surface area contributed by atoms with Gasteiger partial charge in [-0.25, -0.2) is 0 Å². The normalized spacial score (nSPS) is 23.4. The molecule has 112 valence electrons. The lowest BCUT2D eigenvalue weighted by molar-refractivity contribution is 0.343. The fourth-order valence-electron chi connectivity index (χ4n) is 2.96. The van der Waals surface area contributed by atoms with Crippen LogP contribution < -0.4 is 10.2 Å². The topological polar surface area (TPSA) is 15.3 Å². The maximum atomic E-state index is 3.72. The summed E-state index contributed by atoms with van der Waals surface area (Å²) < 4.78 is 2.33. The second-order valence-electron chi connectivity index (χ2n) is 6.04. The first-order valence-electron chi connectivity index (χ1n) is 7.46. The van der Waals surface area contributed by atoms with Gasteiger partial charge in [-0.3, -0.25) is 0 Å². The fourth-order valence-corrected chi connectivity index (χ4v) is 3.78. The summed E-state index contributed by atoms with van der Waals surface area (Å²) in [7, 11) is 0. The highest BCUT2D eigenvalue weighted by molar-refractivity contribution is 9.11. The molecule has 2 nitrogen and oxygen atoms in total. The maximum absolute atomic E-state index is 3.72. The third-order valence-electron chi connectivity index (χ3n) is 3.94.